The molecule has 0 spiro atoms. The lowest BCUT2D eigenvalue weighted by atomic mass is 10.1. The van der Waals surface area contributed by atoms with Crippen molar-refractivity contribution in [3.8, 4) is 0 Å². The van der Waals surface area contributed by atoms with Crippen molar-refractivity contribution in [3.63, 3.8) is 0 Å². The van der Waals surface area contributed by atoms with E-state index in [1.807, 2.05) is 0 Å². The quantitative estimate of drug-likeness (QED) is 0.857. The Kier molecular flexibility index (Phi) is 3.29. The van der Waals surface area contributed by atoms with Gasteiger partial charge in [0.05, 0.1) is 11.9 Å². The number of benzene rings is 2. The van der Waals surface area contributed by atoms with E-state index >= 15 is 0 Å². The first-order valence-electron chi connectivity index (χ1n) is 5.21. The predicted molar refractivity (Wildman–Crippen MR) is 65.0 cm³/mol. The molecule has 2 aromatic rings. The van der Waals surface area contributed by atoms with Gasteiger partial charge >= 0.3 is 7.60 Å². The molecule has 2 rings (SSSR count). The molecule has 0 saturated carbocycles. The largest absolute Gasteiger partial charge is 0.359 e. The Bertz CT molecular complexity index is 597. The van der Waals surface area contributed by atoms with Crippen LogP contribution in [0.2, 0.25) is 0 Å². The maximum Gasteiger partial charge on any atom is 0.359 e. The summed E-state index contributed by atoms with van der Waals surface area (Å²) in [4.78, 5) is 9.79. The van der Waals surface area contributed by atoms with Crippen LogP contribution in [0.5, 0.6) is 0 Å². The van der Waals surface area contributed by atoms with Crippen LogP contribution in [0.3, 0.4) is 0 Å². The van der Waals surface area contributed by atoms with Crippen LogP contribution in [-0.2, 0) is 9.09 Å². The van der Waals surface area contributed by atoms with Gasteiger partial charge < -0.3 is 9.42 Å². The van der Waals surface area contributed by atoms with Gasteiger partial charge in [0.1, 0.15) is 5.82 Å². The average Bonchev–Trinajstić information content (AvgIpc) is 2.29. The van der Waals surface area contributed by atoms with E-state index in [1.165, 1.54) is 12.1 Å². The highest BCUT2D eigenvalue weighted by atomic mass is 31.2. The Morgan fingerprint density at radius 1 is 1.24 bits per heavy atom. The smallest absolute Gasteiger partial charge is 0.321 e. The molecule has 2 aromatic carbocycles. The van der Waals surface area contributed by atoms with Gasteiger partial charge in [0.15, 0.2) is 0 Å². The minimum Gasteiger partial charge on any atom is -0.321 e. The van der Waals surface area contributed by atoms with E-state index in [2.05, 4.69) is 0 Å². The van der Waals surface area contributed by atoms with Gasteiger partial charge in [-0.2, -0.15) is 0 Å². The fourth-order valence-corrected chi connectivity index (χ4v) is 2.99. The van der Waals surface area contributed by atoms with Crippen LogP contribution in [0.4, 0.5) is 4.39 Å². The molecule has 0 aliphatic heterocycles. The Labute approximate surface area is 98.4 Å². The van der Waals surface area contributed by atoms with Crippen LogP contribution in [0.1, 0.15) is 6.92 Å². The van der Waals surface area contributed by atoms with E-state index in [-0.39, 0.29) is 11.9 Å². The number of fused-ring (bicyclic) bond motifs is 1. The van der Waals surface area contributed by atoms with Gasteiger partial charge in [-0.25, -0.2) is 4.39 Å². The van der Waals surface area contributed by atoms with Crippen LogP contribution < -0.4 is 5.30 Å². The highest BCUT2D eigenvalue weighted by molar-refractivity contribution is 7.61. The zero-order chi connectivity index (χ0) is 12.5. The van der Waals surface area contributed by atoms with E-state index in [1.54, 1.807) is 31.2 Å². The van der Waals surface area contributed by atoms with E-state index < -0.39 is 13.4 Å². The van der Waals surface area contributed by atoms with Crippen molar-refractivity contribution in [1.82, 2.24) is 0 Å². The topological polar surface area (TPSA) is 46.5 Å². The molecule has 5 heteroatoms. The van der Waals surface area contributed by atoms with Crippen LogP contribution in [0.25, 0.3) is 10.8 Å². The van der Waals surface area contributed by atoms with Crippen molar-refractivity contribution >= 4 is 23.7 Å². The molecule has 0 aromatic heterocycles. The third kappa shape index (κ3) is 2.25. The third-order valence-corrected chi connectivity index (χ3v) is 4.06. The van der Waals surface area contributed by atoms with Gasteiger partial charge in [-0.3, -0.25) is 4.57 Å². The summed E-state index contributed by atoms with van der Waals surface area (Å²) < 4.78 is 30.3. The molecule has 1 unspecified atom stereocenters. The van der Waals surface area contributed by atoms with Crippen LogP contribution >= 0.6 is 7.60 Å². The second-order valence-electron chi connectivity index (χ2n) is 3.55. The molecule has 90 valence electrons. The van der Waals surface area contributed by atoms with Crippen molar-refractivity contribution in [2.45, 2.75) is 6.92 Å². The lowest BCUT2D eigenvalue weighted by Crippen LogP contribution is -2.09. The second-order valence-corrected chi connectivity index (χ2v) is 5.33. The standard InChI is InChI=1S/C12H12FO3P/c1-2-16-17(14,15)12-8-7-11(13)9-5-3-4-6-10(9)12/h3-8H,2H2,1H3,(H,14,15). The molecule has 1 atom stereocenters. The summed E-state index contributed by atoms with van der Waals surface area (Å²) in [6.45, 7) is 1.76. The predicted octanol–water partition coefficient (Wildman–Crippen LogP) is 2.83. The molecule has 0 fully saturated rings. The lowest BCUT2D eigenvalue weighted by Gasteiger charge is -2.13. The summed E-state index contributed by atoms with van der Waals surface area (Å²) in [6, 6.07) is 9.03. The van der Waals surface area contributed by atoms with Crippen LogP contribution in [0.15, 0.2) is 36.4 Å². The van der Waals surface area contributed by atoms with Gasteiger partial charge in [-0.15, -0.1) is 0 Å². The minimum atomic E-state index is -3.88. The molecule has 1 N–H and O–H groups in total. The summed E-state index contributed by atoms with van der Waals surface area (Å²) in [5.74, 6) is -0.416. The summed E-state index contributed by atoms with van der Waals surface area (Å²) in [5, 5.41) is 0.863. The minimum absolute atomic E-state index is 0.124. The zero-order valence-corrected chi connectivity index (χ0v) is 10.2. The van der Waals surface area contributed by atoms with Gasteiger partial charge in [0, 0.05) is 5.39 Å². The fraction of sp³-hybridized carbons (Fsp3) is 0.167. The lowest BCUT2D eigenvalue weighted by molar-refractivity contribution is 0.284. The Morgan fingerprint density at radius 2 is 1.88 bits per heavy atom. The molecule has 0 aliphatic carbocycles. The molecule has 17 heavy (non-hydrogen) atoms. The molecular weight excluding hydrogens is 242 g/mol. The van der Waals surface area contributed by atoms with Crippen molar-refractivity contribution in [2.75, 3.05) is 6.61 Å². The SMILES string of the molecule is CCOP(=O)(O)c1ccc(F)c2ccccc12. The number of rotatable bonds is 3. The van der Waals surface area contributed by atoms with Crippen molar-refractivity contribution in [2.24, 2.45) is 0 Å². The first-order chi connectivity index (χ1) is 8.06. The first-order valence-corrected chi connectivity index (χ1v) is 6.79. The van der Waals surface area contributed by atoms with Crippen LogP contribution in [0, 0.1) is 5.82 Å². The Hall–Kier alpha value is -1.22. The zero-order valence-electron chi connectivity index (χ0n) is 9.26. The molecule has 0 saturated heterocycles. The van der Waals surface area contributed by atoms with E-state index in [4.69, 9.17) is 4.52 Å². The summed E-state index contributed by atoms with van der Waals surface area (Å²) >= 11 is 0. The second kappa shape index (κ2) is 4.57. The van der Waals surface area contributed by atoms with Gasteiger partial charge in [-0.05, 0) is 24.4 Å². The maximum atomic E-state index is 13.5. The molecule has 0 radical (unpaired) electrons. The molecule has 0 amide bonds. The number of hydrogen-bond acceptors (Lipinski definition) is 2. The number of halogens is 1. The molecule has 0 heterocycles. The highest BCUT2D eigenvalue weighted by Crippen LogP contribution is 2.42. The van der Waals surface area contributed by atoms with Crippen molar-refractivity contribution < 1.29 is 18.4 Å². The summed E-state index contributed by atoms with van der Waals surface area (Å²) in [7, 11) is -3.88. The van der Waals surface area contributed by atoms with Gasteiger partial charge in [-0.1, -0.05) is 24.3 Å². The van der Waals surface area contributed by atoms with E-state index in [9.17, 15) is 13.8 Å². The molecule has 3 nitrogen and oxygen atoms in total. The fourth-order valence-electron chi connectivity index (χ4n) is 1.74. The van der Waals surface area contributed by atoms with Crippen LogP contribution in [-0.4, -0.2) is 11.5 Å². The Balaban J connectivity index is 2.71. The van der Waals surface area contributed by atoms with Crippen molar-refractivity contribution in [3.05, 3.63) is 42.2 Å². The molecular formula is C12H12FO3P. The monoisotopic (exact) mass is 254 g/mol. The number of hydrogen-bond donors (Lipinski definition) is 1. The van der Waals surface area contributed by atoms with Gasteiger partial charge in [0.25, 0.3) is 0 Å². The molecule has 0 bridgehead atoms. The normalized spacial score (nSPS) is 14.8. The highest BCUT2D eigenvalue weighted by Gasteiger charge is 2.25. The van der Waals surface area contributed by atoms with Gasteiger partial charge in [0.2, 0.25) is 0 Å². The summed E-state index contributed by atoms with van der Waals surface area (Å²) in [6.07, 6.45) is 0. The molecule has 0 aliphatic rings. The van der Waals surface area contributed by atoms with E-state index in [0.717, 1.165) is 0 Å². The summed E-state index contributed by atoms with van der Waals surface area (Å²) in [5.41, 5.74) is 0. The van der Waals surface area contributed by atoms with Crippen molar-refractivity contribution in [1.29, 1.82) is 0 Å². The average molecular weight is 254 g/mol. The third-order valence-electron chi connectivity index (χ3n) is 2.46. The van der Waals surface area contributed by atoms with E-state index in [0.29, 0.717) is 10.8 Å². The Morgan fingerprint density at radius 3 is 2.53 bits per heavy atom. The first kappa shape index (κ1) is 12.2. The maximum absolute atomic E-state index is 13.5.